The van der Waals surface area contributed by atoms with Gasteiger partial charge in [0.05, 0.1) is 24.5 Å². The number of fused-ring (bicyclic) bond motifs is 1. The van der Waals surface area contributed by atoms with E-state index in [1.807, 2.05) is 5.43 Å². The average molecular weight is 438 g/mol. The van der Waals surface area contributed by atoms with Crippen LogP contribution in [0.2, 0.25) is 0 Å². The van der Waals surface area contributed by atoms with Crippen LogP contribution in [-0.4, -0.2) is 39.7 Å². The fraction of sp³-hybridized carbons (Fsp3) is 0.562. The first-order valence-corrected chi connectivity index (χ1v) is 9.34. The highest BCUT2D eigenvalue weighted by atomic mass is 32.1. The van der Waals surface area contributed by atoms with Crippen molar-refractivity contribution in [2.24, 2.45) is 0 Å². The minimum Gasteiger partial charge on any atom is -0.464 e. The standard InChI is InChI=1S/C16H21F3N4O5S/c1-8(28-3)7-23-12(24)11-9(2)10(6-20-21-14(25)26)29-13(11)22(15(23)27)5-4-16(17,18)19/h8,20-21H,4-7H2,1-3H3,(H,25,26). The molecule has 1 amide bonds. The van der Waals surface area contributed by atoms with Gasteiger partial charge in [-0.2, -0.15) is 13.2 Å². The number of halogens is 3. The van der Waals surface area contributed by atoms with E-state index in [2.05, 4.69) is 5.43 Å². The van der Waals surface area contributed by atoms with E-state index in [4.69, 9.17) is 9.84 Å². The molecule has 3 N–H and O–H groups in total. The van der Waals surface area contributed by atoms with Crippen LogP contribution in [0.4, 0.5) is 18.0 Å². The quantitative estimate of drug-likeness (QED) is 0.542. The lowest BCUT2D eigenvalue weighted by molar-refractivity contribution is -0.136. The van der Waals surface area contributed by atoms with E-state index in [1.165, 1.54) is 7.11 Å². The topological polar surface area (TPSA) is 115 Å². The molecule has 0 aliphatic rings. The Hall–Kier alpha value is -2.38. The van der Waals surface area contributed by atoms with Crippen LogP contribution in [0.15, 0.2) is 9.59 Å². The summed E-state index contributed by atoms with van der Waals surface area (Å²) in [5, 5.41) is 8.76. The first-order chi connectivity index (χ1) is 13.5. The number of methoxy groups -OCH3 is 1. The summed E-state index contributed by atoms with van der Waals surface area (Å²) >= 11 is 0.970. The Morgan fingerprint density at radius 1 is 1.31 bits per heavy atom. The van der Waals surface area contributed by atoms with Crippen molar-refractivity contribution in [1.82, 2.24) is 20.0 Å². The van der Waals surface area contributed by atoms with Crippen molar-refractivity contribution in [3.63, 3.8) is 0 Å². The van der Waals surface area contributed by atoms with Crippen LogP contribution in [0.3, 0.4) is 0 Å². The Morgan fingerprint density at radius 2 is 1.97 bits per heavy atom. The van der Waals surface area contributed by atoms with E-state index in [-0.39, 0.29) is 23.3 Å². The van der Waals surface area contributed by atoms with Gasteiger partial charge in [-0.1, -0.05) is 0 Å². The largest absolute Gasteiger partial charge is 0.464 e. The molecule has 0 aromatic carbocycles. The highest BCUT2D eigenvalue weighted by Gasteiger charge is 2.29. The van der Waals surface area contributed by atoms with E-state index >= 15 is 0 Å². The van der Waals surface area contributed by atoms with E-state index in [9.17, 15) is 27.6 Å². The molecule has 1 atom stereocenters. The molecule has 162 valence electrons. The Bertz CT molecular complexity index is 1010. The molecule has 0 saturated heterocycles. The number of aryl methyl sites for hydroxylation is 2. The van der Waals surface area contributed by atoms with Crippen molar-refractivity contribution in [3.05, 3.63) is 31.3 Å². The minimum atomic E-state index is -4.48. The number of thiophene rings is 1. The summed E-state index contributed by atoms with van der Waals surface area (Å²) in [7, 11) is 1.39. The van der Waals surface area contributed by atoms with Gasteiger partial charge >= 0.3 is 18.0 Å². The molecule has 0 radical (unpaired) electrons. The van der Waals surface area contributed by atoms with Gasteiger partial charge < -0.3 is 9.84 Å². The molecule has 0 spiro atoms. The average Bonchev–Trinajstić information content (AvgIpc) is 2.93. The molecule has 2 aromatic rings. The Kier molecular flexibility index (Phi) is 7.08. The van der Waals surface area contributed by atoms with E-state index in [0.717, 1.165) is 20.5 Å². The molecule has 0 bridgehead atoms. The molecule has 2 aromatic heterocycles. The maximum absolute atomic E-state index is 12.9. The number of hydrazine groups is 1. The van der Waals surface area contributed by atoms with E-state index in [1.54, 1.807) is 13.8 Å². The summed E-state index contributed by atoms with van der Waals surface area (Å²) < 4.78 is 45.2. The Labute approximate surface area is 166 Å². The number of nitrogens with one attached hydrogen (secondary N) is 2. The van der Waals surface area contributed by atoms with Crippen molar-refractivity contribution in [1.29, 1.82) is 0 Å². The maximum atomic E-state index is 12.9. The molecular formula is C16H21F3N4O5S. The van der Waals surface area contributed by atoms with Gasteiger partial charge in [0.1, 0.15) is 4.83 Å². The maximum Gasteiger partial charge on any atom is 0.419 e. The SMILES string of the molecule is COC(C)Cn1c(=O)c2c(C)c(CNNC(=O)O)sc2n(CCC(F)(F)F)c1=O. The zero-order valence-corrected chi connectivity index (χ0v) is 16.7. The number of carboxylic acid groups (broad SMARTS) is 1. The lowest BCUT2D eigenvalue weighted by atomic mass is 10.2. The summed E-state index contributed by atoms with van der Waals surface area (Å²) in [6.45, 7) is 2.48. The fourth-order valence-electron chi connectivity index (χ4n) is 2.74. The van der Waals surface area contributed by atoms with Gasteiger partial charge in [0.25, 0.3) is 5.56 Å². The monoisotopic (exact) mass is 438 g/mol. The number of hydrogen-bond donors (Lipinski definition) is 3. The fourth-order valence-corrected chi connectivity index (χ4v) is 3.99. The molecule has 9 nitrogen and oxygen atoms in total. The second-order valence-electron chi connectivity index (χ2n) is 6.38. The molecule has 2 heterocycles. The zero-order valence-electron chi connectivity index (χ0n) is 15.9. The van der Waals surface area contributed by atoms with Gasteiger partial charge in [-0.25, -0.2) is 15.0 Å². The van der Waals surface area contributed by atoms with Gasteiger partial charge in [-0.15, -0.1) is 11.3 Å². The van der Waals surface area contributed by atoms with E-state index in [0.29, 0.717) is 10.4 Å². The van der Waals surface area contributed by atoms with Crippen molar-refractivity contribution in [2.45, 2.75) is 52.2 Å². The minimum absolute atomic E-state index is 0.00114. The number of aromatic nitrogens is 2. The Morgan fingerprint density at radius 3 is 2.52 bits per heavy atom. The third-order valence-electron chi connectivity index (χ3n) is 4.30. The summed E-state index contributed by atoms with van der Waals surface area (Å²) in [6.07, 6.45) is -7.53. The third kappa shape index (κ3) is 5.36. The number of rotatable bonds is 8. The molecule has 2 rings (SSSR count). The first-order valence-electron chi connectivity index (χ1n) is 8.53. The van der Waals surface area contributed by atoms with Crippen molar-refractivity contribution < 1.29 is 27.8 Å². The summed E-state index contributed by atoms with van der Waals surface area (Å²) in [4.78, 5) is 36.9. The predicted octanol–water partition coefficient (Wildman–Crippen LogP) is 1.79. The van der Waals surface area contributed by atoms with E-state index < -0.39 is 42.6 Å². The predicted molar refractivity (Wildman–Crippen MR) is 100 cm³/mol. The number of hydrogen-bond acceptors (Lipinski definition) is 6. The van der Waals surface area contributed by atoms with Gasteiger partial charge in [0, 0.05) is 25.1 Å². The summed E-state index contributed by atoms with van der Waals surface area (Å²) in [6, 6.07) is 0. The van der Waals surface area contributed by atoms with Crippen LogP contribution in [0.25, 0.3) is 10.2 Å². The molecule has 0 aliphatic heterocycles. The first kappa shape index (κ1) is 22.9. The number of carbonyl (C=O) groups is 1. The van der Waals surface area contributed by atoms with Crippen LogP contribution in [0.5, 0.6) is 0 Å². The molecule has 0 saturated carbocycles. The normalized spacial score (nSPS) is 13.0. The molecule has 29 heavy (non-hydrogen) atoms. The van der Waals surface area contributed by atoms with Gasteiger partial charge in [-0.05, 0) is 19.4 Å². The van der Waals surface area contributed by atoms with Crippen molar-refractivity contribution in [3.8, 4) is 0 Å². The highest BCUT2D eigenvalue weighted by Crippen LogP contribution is 2.29. The van der Waals surface area contributed by atoms with Gasteiger partial charge in [-0.3, -0.25) is 19.4 Å². The zero-order chi connectivity index (χ0) is 21.9. The van der Waals surface area contributed by atoms with Crippen molar-refractivity contribution >= 4 is 27.6 Å². The lowest BCUT2D eigenvalue weighted by Crippen LogP contribution is -2.42. The number of amides is 1. The third-order valence-corrected chi connectivity index (χ3v) is 5.61. The number of alkyl halides is 3. The van der Waals surface area contributed by atoms with Crippen LogP contribution < -0.4 is 22.1 Å². The van der Waals surface area contributed by atoms with Crippen molar-refractivity contribution in [2.75, 3.05) is 7.11 Å². The molecule has 1 unspecified atom stereocenters. The van der Waals surface area contributed by atoms with Crippen LogP contribution in [0, 0.1) is 6.92 Å². The second kappa shape index (κ2) is 8.97. The Balaban J connectivity index is 2.64. The van der Waals surface area contributed by atoms with Crippen LogP contribution >= 0.6 is 11.3 Å². The second-order valence-corrected chi connectivity index (χ2v) is 7.46. The number of ether oxygens (including phenoxy) is 1. The molecule has 0 aliphatic carbocycles. The lowest BCUT2D eigenvalue weighted by Gasteiger charge is -2.15. The molecular weight excluding hydrogens is 417 g/mol. The molecule has 13 heteroatoms. The van der Waals surface area contributed by atoms with Gasteiger partial charge in [0.15, 0.2) is 0 Å². The van der Waals surface area contributed by atoms with Gasteiger partial charge in [0.2, 0.25) is 0 Å². The summed E-state index contributed by atoms with van der Waals surface area (Å²) in [5.41, 5.74) is 3.38. The van der Waals surface area contributed by atoms with Crippen LogP contribution in [0.1, 0.15) is 23.8 Å². The number of nitrogens with zero attached hydrogens (tertiary/aromatic N) is 2. The highest BCUT2D eigenvalue weighted by molar-refractivity contribution is 7.18. The smallest absolute Gasteiger partial charge is 0.419 e. The molecule has 0 fully saturated rings. The van der Waals surface area contributed by atoms with Crippen LogP contribution in [-0.2, 0) is 24.4 Å². The summed E-state index contributed by atoms with van der Waals surface area (Å²) in [5.74, 6) is 0.